The summed E-state index contributed by atoms with van der Waals surface area (Å²) in [5.74, 6) is -0.245. The lowest BCUT2D eigenvalue weighted by Gasteiger charge is -2.12. The molecule has 34 heavy (non-hydrogen) atoms. The minimum absolute atomic E-state index is 0.360. The summed E-state index contributed by atoms with van der Waals surface area (Å²) in [4.78, 5) is 30.3. The highest BCUT2D eigenvalue weighted by molar-refractivity contribution is 6.05. The summed E-state index contributed by atoms with van der Waals surface area (Å²) < 4.78 is 10.6. The zero-order valence-electron chi connectivity index (χ0n) is 19.6. The van der Waals surface area contributed by atoms with Crippen LogP contribution in [0.2, 0.25) is 0 Å². The third kappa shape index (κ3) is 4.91. The van der Waals surface area contributed by atoms with Crippen molar-refractivity contribution in [2.45, 2.75) is 20.8 Å². The number of ether oxygens (including phenoxy) is 2. The van der Waals surface area contributed by atoms with Gasteiger partial charge in [0.05, 0.1) is 23.9 Å². The Kier molecular flexibility index (Phi) is 6.59. The fourth-order valence-electron chi connectivity index (χ4n) is 3.70. The van der Waals surface area contributed by atoms with Crippen LogP contribution in [0.3, 0.4) is 0 Å². The van der Waals surface area contributed by atoms with Gasteiger partial charge >= 0.3 is 5.97 Å². The molecule has 1 heterocycles. The van der Waals surface area contributed by atoms with Crippen LogP contribution in [0.1, 0.15) is 27.0 Å². The normalized spacial score (nSPS) is 10.7. The number of nitrogens with one attached hydrogen (secondary N) is 1. The van der Waals surface area contributed by atoms with Crippen molar-refractivity contribution in [3.63, 3.8) is 0 Å². The standard InChI is InChI=1S/C28H26N2O4/c1-17-8-13-25-22(14-17)23(15-26(29-25)20-9-11-21(33-4)12-10-20)28(32)34-16-27(31)30-24-7-5-6-18(2)19(24)3/h5-15H,16H2,1-4H3,(H,30,31). The van der Waals surface area contributed by atoms with Crippen LogP contribution in [0.4, 0.5) is 5.69 Å². The van der Waals surface area contributed by atoms with Gasteiger partial charge in [-0.25, -0.2) is 9.78 Å². The molecule has 0 saturated carbocycles. The molecule has 4 aromatic rings. The molecule has 6 heteroatoms. The lowest BCUT2D eigenvalue weighted by Crippen LogP contribution is -2.21. The Hall–Kier alpha value is -4.19. The third-order valence-corrected chi connectivity index (χ3v) is 5.78. The molecule has 1 amide bonds. The van der Waals surface area contributed by atoms with E-state index in [1.165, 1.54) is 0 Å². The third-order valence-electron chi connectivity index (χ3n) is 5.78. The summed E-state index contributed by atoms with van der Waals surface area (Å²) in [7, 11) is 1.61. The minimum Gasteiger partial charge on any atom is -0.497 e. The van der Waals surface area contributed by atoms with E-state index in [1.54, 1.807) is 13.2 Å². The maximum absolute atomic E-state index is 13.1. The molecule has 0 fully saturated rings. The number of fused-ring (bicyclic) bond motifs is 1. The quantitative estimate of drug-likeness (QED) is 0.382. The zero-order chi connectivity index (χ0) is 24.2. The van der Waals surface area contributed by atoms with Gasteiger partial charge < -0.3 is 14.8 Å². The number of aromatic nitrogens is 1. The van der Waals surface area contributed by atoms with Crippen molar-refractivity contribution >= 4 is 28.5 Å². The van der Waals surface area contributed by atoms with Gasteiger partial charge in [0.25, 0.3) is 5.91 Å². The highest BCUT2D eigenvalue weighted by Crippen LogP contribution is 2.27. The number of hydrogen-bond acceptors (Lipinski definition) is 5. The van der Waals surface area contributed by atoms with Crippen molar-refractivity contribution in [1.82, 2.24) is 4.98 Å². The van der Waals surface area contributed by atoms with Crippen molar-refractivity contribution in [2.24, 2.45) is 0 Å². The monoisotopic (exact) mass is 454 g/mol. The number of aryl methyl sites for hydroxylation is 2. The van der Waals surface area contributed by atoms with Crippen LogP contribution >= 0.6 is 0 Å². The number of benzene rings is 3. The molecule has 0 unspecified atom stereocenters. The van der Waals surface area contributed by atoms with Crippen molar-refractivity contribution in [1.29, 1.82) is 0 Å². The summed E-state index contributed by atoms with van der Waals surface area (Å²) in [6.07, 6.45) is 0. The number of nitrogens with zero attached hydrogens (tertiary/aromatic N) is 1. The van der Waals surface area contributed by atoms with E-state index in [0.717, 1.165) is 28.0 Å². The maximum Gasteiger partial charge on any atom is 0.339 e. The number of rotatable bonds is 6. The second-order valence-electron chi connectivity index (χ2n) is 8.18. The van der Waals surface area contributed by atoms with Gasteiger partial charge in [0, 0.05) is 16.6 Å². The Morgan fingerprint density at radius 2 is 1.71 bits per heavy atom. The predicted molar refractivity (Wildman–Crippen MR) is 133 cm³/mol. The van der Waals surface area contributed by atoms with Crippen LogP contribution in [0.15, 0.2) is 66.7 Å². The van der Waals surface area contributed by atoms with Crippen LogP contribution < -0.4 is 10.1 Å². The Labute approximate surface area is 198 Å². The molecule has 0 radical (unpaired) electrons. The van der Waals surface area contributed by atoms with Gasteiger partial charge in [-0.15, -0.1) is 0 Å². The molecule has 1 aromatic heterocycles. The van der Waals surface area contributed by atoms with Gasteiger partial charge in [0.15, 0.2) is 6.61 Å². The highest BCUT2D eigenvalue weighted by Gasteiger charge is 2.17. The summed E-state index contributed by atoms with van der Waals surface area (Å²) in [5.41, 5.74) is 6.24. The first-order valence-electron chi connectivity index (χ1n) is 10.9. The van der Waals surface area contributed by atoms with E-state index in [9.17, 15) is 9.59 Å². The first-order valence-corrected chi connectivity index (χ1v) is 10.9. The number of anilines is 1. The van der Waals surface area contributed by atoms with Gasteiger partial charge in [0.2, 0.25) is 0 Å². The summed E-state index contributed by atoms with van der Waals surface area (Å²) in [6.45, 7) is 5.47. The topological polar surface area (TPSA) is 77.5 Å². The van der Waals surface area contributed by atoms with Crippen LogP contribution in [-0.4, -0.2) is 30.6 Å². The van der Waals surface area contributed by atoms with E-state index < -0.39 is 11.9 Å². The van der Waals surface area contributed by atoms with Gasteiger partial charge in [-0.05, 0) is 80.4 Å². The van der Waals surface area contributed by atoms with Crippen molar-refractivity contribution < 1.29 is 19.1 Å². The Morgan fingerprint density at radius 3 is 2.44 bits per heavy atom. The van der Waals surface area contributed by atoms with Crippen molar-refractivity contribution in [3.8, 4) is 17.0 Å². The molecule has 0 aliphatic carbocycles. The number of methoxy groups -OCH3 is 1. The van der Waals surface area contributed by atoms with Crippen LogP contribution in [-0.2, 0) is 9.53 Å². The maximum atomic E-state index is 13.1. The first-order chi connectivity index (χ1) is 16.4. The summed E-state index contributed by atoms with van der Waals surface area (Å²) in [5, 5.41) is 3.49. The Balaban J connectivity index is 1.60. The number of pyridine rings is 1. The number of hydrogen-bond donors (Lipinski definition) is 1. The Bertz CT molecular complexity index is 1380. The molecule has 172 valence electrons. The lowest BCUT2D eigenvalue weighted by molar-refractivity contribution is -0.119. The molecule has 0 bridgehead atoms. The van der Waals surface area contributed by atoms with Gasteiger partial charge in [-0.1, -0.05) is 23.8 Å². The molecule has 4 rings (SSSR count). The lowest BCUT2D eigenvalue weighted by atomic mass is 10.0. The van der Waals surface area contributed by atoms with Crippen LogP contribution in [0, 0.1) is 20.8 Å². The molecule has 0 saturated heterocycles. The van der Waals surface area contributed by atoms with Gasteiger partial charge in [-0.3, -0.25) is 4.79 Å². The summed E-state index contributed by atoms with van der Waals surface area (Å²) in [6, 6.07) is 20.5. The molecule has 0 atom stereocenters. The smallest absolute Gasteiger partial charge is 0.339 e. The van der Waals surface area contributed by atoms with Crippen LogP contribution in [0.5, 0.6) is 5.75 Å². The molecule has 3 aromatic carbocycles. The molecule has 0 spiro atoms. The van der Waals surface area contributed by atoms with E-state index in [2.05, 4.69) is 5.32 Å². The van der Waals surface area contributed by atoms with Crippen molar-refractivity contribution in [3.05, 3.63) is 89.0 Å². The number of carbonyl (C=O) groups is 2. The molecule has 6 nitrogen and oxygen atoms in total. The summed E-state index contributed by atoms with van der Waals surface area (Å²) >= 11 is 0. The Morgan fingerprint density at radius 1 is 0.941 bits per heavy atom. The number of amides is 1. The average molecular weight is 455 g/mol. The molecule has 0 aliphatic rings. The second kappa shape index (κ2) is 9.75. The SMILES string of the molecule is COc1ccc(-c2cc(C(=O)OCC(=O)Nc3cccc(C)c3C)c3cc(C)ccc3n2)cc1. The largest absolute Gasteiger partial charge is 0.497 e. The fourth-order valence-corrected chi connectivity index (χ4v) is 3.70. The molecular weight excluding hydrogens is 428 g/mol. The van der Waals surface area contributed by atoms with E-state index in [0.29, 0.717) is 27.8 Å². The van der Waals surface area contributed by atoms with E-state index in [1.807, 2.05) is 81.4 Å². The van der Waals surface area contributed by atoms with E-state index in [-0.39, 0.29) is 6.61 Å². The van der Waals surface area contributed by atoms with Gasteiger partial charge in [0.1, 0.15) is 5.75 Å². The minimum atomic E-state index is -0.580. The average Bonchev–Trinajstić information content (AvgIpc) is 2.84. The molecular formula is C28H26N2O4. The van der Waals surface area contributed by atoms with Crippen molar-refractivity contribution in [2.75, 3.05) is 19.0 Å². The molecule has 1 N–H and O–H groups in total. The molecule has 0 aliphatic heterocycles. The van der Waals surface area contributed by atoms with E-state index in [4.69, 9.17) is 14.5 Å². The number of carbonyl (C=O) groups excluding carboxylic acids is 2. The fraction of sp³-hybridized carbons (Fsp3) is 0.179. The predicted octanol–water partition coefficient (Wildman–Crippen LogP) is 5.63. The van der Waals surface area contributed by atoms with Gasteiger partial charge in [-0.2, -0.15) is 0 Å². The second-order valence-corrected chi connectivity index (χ2v) is 8.18. The highest BCUT2D eigenvalue weighted by atomic mass is 16.5. The first kappa shape index (κ1) is 23.0. The zero-order valence-corrected chi connectivity index (χ0v) is 19.6. The number of esters is 1. The van der Waals surface area contributed by atoms with Crippen LogP contribution in [0.25, 0.3) is 22.2 Å². The van der Waals surface area contributed by atoms with E-state index >= 15 is 0 Å².